The number of amides is 1. The molecule has 2 aromatic rings. The molecule has 0 aliphatic rings. The van der Waals surface area contributed by atoms with Gasteiger partial charge < -0.3 is 4.90 Å². The van der Waals surface area contributed by atoms with Gasteiger partial charge in [-0.3, -0.25) is 4.79 Å². The number of carbonyl (C=O) groups excluding carboxylic acids is 1. The summed E-state index contributed by atoms with van der Waals surface area (Å²) in [6.45, 7) is 1.71. The van der Waals surface area contributed by atoms with Gasteiger partial charge in [0.25, 0.3) is 0 Å². The van der Waals surface area contributed by atoms with E-state index in [4.69, 9.17) is 0 Å². The molecule has 2 rings (SSSR count). The second-order valence-corrected chi connectivity index (χ2v) is 8.08. The number of nitrogens with zero attached hydrogens (tertiary/aromatic N) is 1. The third-order valence-corrected chi connectivity index (χ3v) is 5.80. The van der Waals surface area contributed by atoms with Crippen LogP contribution >= 0.6 is 0 Å². The fraction of sp³-hybridized carbons (Fsp3) is 0.278. The van der Waals surface area contributed by atoms with Gasteiger partial charge in [-0.2, -0.15) is 0 Å². The number of sulfone groups is 1. The molecule has 1 unspecified atom stereocenters. The van der Waals surface area contributed by atoms with Gasteiger partial charge >= 0.3 is 0 Å². The van der Waals surface area contributed by atoms with Crippen molar-refractivity contribution in [1.82, 2.24) is 4.90 Å². The van der Waals surface area contributed by atoms with Gasteiger partial charge in [-0.25, -0.2) is 12.8 Å². The van der Waals surface area contributed by atoms with Crippen molar-refractivity contribution in [2.75, 3.05) is 7.05 Å². The maximum absolute atomic E-state index is 13.2. The summed E-state index contributed by atoms with van der Waals surface area (Å²) in [5, 5.41) is -1.19. The van der Waals surface area contributed by atoms with Crippen LogP contribution in [0.5, 0.6) is 0 Å². The van der Waals surface area contributed by atoms with E-state index in [1.165, 1.54) is 36.1 Å². The lowest BCUT2D eigenvalue weighted by Crippen LogP contribution is -2.39. The van der Waals surface area contributed by atoms with Crippen molar-refractivity contribution in [2.24, 2.45) is 0 Å². The molecule has 0 saturated carbocycles. The number of rotatable bonds is 6. The van der Waals surface area contributed by atoms with Crippen LogP contribution in [0.25, 0.3) is 0 Å². The number of hydrogen-bond acceptors (Lipinski definition) is 3. The third-order valence-electron chi connectivity index (χ3n) is 3.78. The van der Waals surface area contributed by atoms with Gasteiger partial charge in [-0.15, -0.1) is 0 Å². The molecular weight excluding hydrogens is 329 g/mol. The minimum Gasteiger partial charge on any atom is -0.340 e. The number of halogens is 1. The molecule has 4 nitrogen and oxygen atoms in total. The average Bonchev–Trinajstić information content (AvgIpc) is 2.54. The Hall–Kier alpha value is -2.21. The van der Waals surface area contributed by atoms with Crippen molar-refractivity contribution in [3.8, 4) is 0 Å². The number of hydrogen-bond donors (Lipinski definition) is 0. The highest BCUT2D eigenvalue weighted by Crippen LogP contribution is 2.15. The highest BCUT2D eigenvalue weighted by atomic mass is 32.2. The van der Waals surface area contributed by atoms with Crippen LogP contribution in [0.15, 0.2) is 54.6 Å². The van der Waals surface area contributed by atoms with E-state index in [1.54, 1.807) is 7.05 Å². The third kappa shape index (κ3) is 4.64. The van der Waals surface area contributed by atoms with E-state index in [2.05, 4.69) is 0 Å². The second kappa shape index (κ2) is 7.57. The van der Waals surface area contributed by atoms with Crippen LogP contribution in [-0.2, 0) is 26.9 Å². The van der Waals surface area contributed by atoms with Crippen molar-refractivity contribution in [3.63, 3.8) is 0 Å². The number of benzene rings is 2. The zero-order chi connectivity index (χ0) is 17.7. The summed E-state index contributed by atoms with van der Waals surface area (Å²) < 4.78 is 38.1. The molecule has 0 spiro atoms. The molecule has 0 aliphatic carbocycles. The summed E-state index contributed by atoms with van der Waals surface area (Å²) >= 11 is 0. The highest BCUT2D eigenvalue weighted by Gasteiger charge is 2.30. The van der Waals surface area contributed by atoms with Crippen LogP contribution in [0.4, 0.5) is 4.39 Å². The molecule has 0 aromatic heterocycles. The Morgan fingerprint density at radius 2 is 1.71 bits per heavy atom. The zero-order valence-electron chi connectivity index (χ0n) is 13.6. The van der Waals surface area contributed by atoms with E-state index < -0.39 is 26.8 Å². The van der Waals surface area contributed by atoms with Gasteiger partial charge in [0.2, 0.25) is 5.91 Å². The lowest BCUT2D eigenvalue weighted by molar-refractivity contribution is -0.129. The second-order valence-electron chi connectivity index (χ2n) is 5.76. The molecule has 1 atom stereocenters. The van der Waals surface area contributed by atoms with E-state index in [9.17, 15) is 17.6 Å². The van der Waals surface area contributed by atoms with Crippen molar-refractivity contribution in [1.29, 1.82) is 0 Å². The van der Waals surface area contributed by atoms with Crippen molar-refractivity contribution < 1.29 is 17.6 Å². The Kier molecular flexibility index (Phi) is 5.72. The van der Waals surface area contributed by atoms with Crippen molar-refractivity contribution >= 4 is 15.7 Å². The van der Waals surface area contributed by atoms with E-state index >= 15 is 0 Å². The van der Waals surface area contributed by atoms with Crippen LogP contribution in [0.1, 0.15) is 18.1 Å². The van der Waals surface area contributed by atoms with Gasteiger partial charge in [0.1, 0.15) is 11.1 Å². The van der Waals surface area contributed by atoms with Gasteiger partial charge in [0.15, 0.2) is 9.84 Å². The molecular formula is C18H20FNO3S. The van der Waals surface area contributed by atoms with Gasteiger partial charge in [0, 0.05) is 13.6 Å². The van der Waals surface area contributed by atoms with Gasteiger partial charge in [0.05, 0.1) is 5.75 Å². The highest BCUT2D eigenvalue weighted by molar-refractivity contribution is 7.92. The van der Waals surface area contributed by atoms with E-state index in [1.807, 2.05) is 30.3 Å². The summed E-state index contributed by atoms with van der Waals surface area (Å²) in [6, 6.07) is 14.7. The summed E-state index contributed by atoms with van der Waals surface area (Å²) in [5.74, 6) is -1.34. The number of carbonyl (C=O) groups is 1. The Labute approximate surface area is 141 Å². The van der Waals surface area contributed by atoms with Gasteiger partial charge in [-0.1, -0.05) is 42.5 Å². The van der Waals surface area contributed by atoms with Crippen LogP contribution in [-0.4, -0.2) is 31.5 Å². The first-order valence-electron chi connectivity index (χ1n) is 7.54. The zero-order valence-corrected chi connectivity index (χ0v) is 14.5. The topological polar surface area (TPSA) is 54.5 Å². The normalized spacial score (nSPS) is 12.6. The molecule has 0 bridgehead atoms. The molecule has 0 fully saturated rings. The predicted octanol–water partition coefficient (Wildman–Crippen LogP) is 2.79. The maximum Gasteiger partial charge on any atom is 0.240 e. The first-order valence-corrected chi connectivity index (χ1v) is 9.26. The van der Waals surface area contributed by atoms with Crippen LogP contribution in [0, 0.1) is 5.82 Å². The van der Waals surface area contributed by atoms with Crippen LogP contribution in [0.3, 0.4) is 0 Å². The fourth-order valence-electron chi connectivity index (χ4n) is 2.38. The summed E-state index contributed by atoms with van der Waals surface area (Å²) in [4.78, 5) is 13.8. The summed E-state index contributed by atoms with van der Waals surface area (Å²) in [5.41, 5.74) is 1.25. The average molecular weight is 349 g/mol. The fourth-order valence-corrected chi connectivity index (χ4v) is 3.76. The van der Waals surface area contributed by atoms with E-state index in [-0.39, 0.29) is 5.75 Å². The first kappa shape index (κ1) is 18.1. The molecule has 0 heterocycles. The molecule has 6 heteroatoms. The molecule has 0 radical (unpaired) electrons. The quantitative estimate of drug-likeness (QED) is 0.806. The van der Waals surface area contributed by atoms with Gasteiger partial charge in [-0.05, 0) is 30.2 Å². The largest absolute Gasteiger partial charge is 0.340 e. The van der Waals surface area contributed by atoms with Crippen molar-refractivity contribution in [2.45, 2.75) is 24.5 Å². The minimum absolute atomic E-state index is 0.333. The molecule has 0 saturated heterocycles. The van der Waals surface area contributed by atoms with Crippen LogP contribution in [0.2, 0.25) is 0 Å². The molecule has 24 heavy (non-hydrogen) atoms. The molecule has 2 aromatic carbocycles. The van der Waals surface area contributed by atoms with Crippen molar-refractivity contribution in [3.05, 3.63) is 71.5 Å². The molecule has 0 aliphatic heterocycles. The maximum atomic E-state index is 13.2. The monoisotopic (exact) mass is 349 g/mol. The minimum atomic E-state index is -3.72. The Bertz CT molecular complexity index is 806. The van der Waals surface area contributed by atoms with E-state index in [0.717, 1.165) is 5.56 Å². The molecule has 1 amide bonds. The Morgan fingerprint density at radius 1 is 1.08 bits per heavy atom. The predicted molar refractivity (Wildman–Crippen MR) is 91.4 cm³/mol. The summed E-state index contributed by atoms with van der Waals surface area (Å²) in [6.07, 6.45) is 0. The van der Waals surface area contributed by atoms with E-state index in [0.29, 0.717) is 12.1 Å². The smallest absolute Gasteiger partial charge is 0.240 e. The lowest BCUT2D eigenvalue weighted by Gasteiger charge is -2.21. The Morgan fingerprint density at radius 3 is 2.33 bits per heavy atom. The summed E-state index contributed by atoms with van der Waals surface area (Å²) in [7, 11) is -2.15. The standard InChI is InChI=1S/C18H20FNO3S/c1-14(18(21)20(2)12-15-7-4-3-5-8-15)24(22,23)13-16-9-6-10-17(19)11-16/h3-11,14H,12-13H2,1-2H3. The first-order chi connectivity index (χ1) is 11.3. The van der Waals surface area contributed by atoms with Crippen LogP contribution < -0.4 is 0 Å². The molecule has 128 valence electrons. The molecule has 0 N–H and O–H groups in total. The SMILES string of the molecule is CC(C(=O)N(C)Cc1ccccc1)S(=O)(=O)Cc1cccc(F)c1. The Balaban J connectivity index is 2.08. The lowest BCUT2D eigenvalue weighted by atomic mass is 10.2.